The van der Waals surface area contributed by atoms with Gasteiger partial charge in [0, 0.05) is 6.42 Å². The zero-order valence-electron chi connectivity index (χ0n) is 6.86. The van der Waals surface area contributed by atoms with Crippen LogP contribution in [-0.4, -0.2) is 24.5 Å². The molecular formula is C7H12O4S. The summed E-state index contributed by atoms with van der Waals surface area (Å²) in [5.41, 5.74) is 0. The lowest BCUT2D eigenvalue weighted by atomic mass is 10.1. The van der Waals surface area contributed by atoms with Crippen LogP contribution in [0, 0.1) is 5.92 Å². The number of hydrogen-bond donors (Lipinski definition) is 1. The predicted molar refractivity (Wildman–Crippen MR) is 45.4 cm³/mol. The summed E-state index contributed by atoms with van der Waals surface area (Å²) in [6.45, 7) is 4.83. The molecule has 0 aliphatic carbocycles. The van der Waals surface area contributed by atoms with Gasteiger partial charge in [0.15, 0.2) is 5.78 Å². The van der Waals surface area contributed by atoms with Crippen molar-refractivity contribution in [2.24, 2.45) is 5.92 Å². The van der Waals surface area contributed by atoms with E-state index < -0.39 is 10.1 Å². The normalized spacial score (nSPS) is 13.8. The van der Waals surface area contributed by atoms with Crippen molar-refractivity contribution < 1.29 is 17.8 Å². The summed E-state index contributed by atoms with van der Waals surface area (Å²) in [6, 6.07) is 0. The van der Waals surface area contributed by atoms with E-state index in [0.29, 0.717) is 0 Å². The molecule has 0 radical (unpaired) electrons. The third-order valence-electron chi connectivity index (χ3n) is 1.27. The maximum Gasteiger partial charge on any atom is 0.265 e. The predicted octanol–water partition coefficient (Wildman–Crippen LogP) is 0.655. The van der Waals surface area contributed by atoms with Crippen LogP contribution in [0.5, 0.6) is 0 Å². The molecule has 0 saturated heterocycles. The third kappa shape index (κ3) is 6.06. The molecule has 0 heterocycles. The monoisotopic (exact) mass is 192 g/mol. The average Bonchev–Trinajstić information content (AvgIpc) is 1.82. The first-order chi connectivity index (χ1) is 5.35. The van der Waals surface area contributed by atoms with Gasteiger partial charge in [-0.05, 0) is 12.0 Å². The fourth-order valence-corrected chi connectivity index (χ4v) is 1.68. The lowest BCUT2D eigenvalue weighted by molar-refractivity contribution is -0.115. The van der Waals surface area contributed by atoms with E-state index in [1.807, 2.05) is 0 Å². The molecule has 5 heteroatoms. The van der Waals surface area contributed by atoms with Crippen molar-refractivity contribution in [3.05, 3.63) is 12.7 Å². The van der Waals surface area contributed by atoms with E-state index in [2.05, 4.69) is 6.58 Å². The van der Waals surface area contributed by atoms with Crippen molar-refractivity contribution in [1.29, 1.82) is 0 Å². The average molecular weight is 192 g/mol. The Balaban J connectivity index is 3.99. The topological polar surface area (TPSA) is 71.4 Å². The van der Waals surface area contributed by atoms with E-state index >= 15 is 0 Å². The first-order valence-electron chi connectivity index (χ1n) is 3.45. The zero-order valence-corrected chi connectivity index (χ0v) is 7.67. The molecule has 0 bridgehead atoms. The molecule has 0 amide bonds. The van der Waals surface area contributed by atoms with E-state index in [1.54, 1.807) is 6.92 Å². The summed E-state index contributed by atoms with van der Waals surface area (Å²) in [4.78, 5) is 10.7. The molecule has 0 aromatic carbocycles. The van der Waals surface area contributed by atoms with Gasteiger partial charge in [-0.25, -0.2) is 0 Å². The third-order valence-corrected chi connectivity index (χ3v) is 2.26. The van der Waals surface area contributed by atoms with E-state index in [4.69, 9.17) is 4.55 Å². The van der Waals surface area contributed by atoms with Crippen LogP contribution in [0.25, 0.3) is 0 Å². The number of allylic oxidation sites excluding steroid dienone is 1. The minimum absolute atomic E-state index is 0.100. The highest BCUT2D eigenvalue weighted by molar-refractivity contribution is 7.85. The molecule has 4 nitrogen and oxygen atoms in total. The van der Waals surface area contributed by atoms with Crippen LogP contribution in [-0.2, 0) is 14.9 Å². The minimum Gasteiger partial charge on any atom is -0.295 e. The van der Waals surface area contributed by atoms with Crippen molar-refractivity contribution in [3.63, 3.8) is 0 Å². The maximum atomic E-state index is 10.7. The summed E-state index contributed by atoms with van der Waals surface area (Å²) in [6.07, 6.45) is 1.24. The van der Waals surface area contributed by atoms with Gasteiger partial charge >= 0.3 is 0 Å². The molecule has 0 aromatic heterocycles. The Hall–Kier alpha value is -0.680. The number of hydrogen-bond acceptors (Lipinski definition) is 3. The van der Waals surface area contributed by atoms with Gasteiger partial charge < -0.3 is 0 Å². The zero-order chi connectivity index (χ0) is 9.78. The van der Waals surface area contributed by atoms with Gasteiger partial charge in [-0.2, -0.15) is 8.42 Å². The lowest BCUT2D eigenvalue weighted by Crippen LogP contribution is -2.15. The van der Waals surface area contributed by atoms with Crippen LogP contribution >= 0.6 is 0 Å². The minimum atomic E-state index is -3.96. The van der Waals surface area contributed by atoms with E-state index in [1.165, 1.54) is 0 Å². The first kappa shape index (κ1) is 11.3. The van der Waals surface area contributed by atoms with Crippen molar-refractivity contribution in [2.45, 2.75) is 13.3 Å². The summed E-state index contributed by atoms with van der Waals surface area (Å²) < 4.78 is 29.1. The number of rotatable bonds is 5. The van der Waals surface area contributed by atoms with Crippen LogP contribution in [0.15, 0.2) is 12.7 Å². The van der Waals surface area contributed by atoms with Crippen molar-refractivity contribution >= 4 is 15.9 Å². The van der Waals surface area contributed by atoms with E-state index in [0.717, 1.165) is 6.08 Å². The molecule has 0 saturated carbocycles. The Labute approximate surface area is 72.0 Å². The maximum absolute atomic E-state index is 10.7. The Kier molecular flexibility index (Phi) is 4.12. The van der Waals surface area contributed by atoms with Gasteiger partial charge in [0.05, 0.1) is 5.75 Å². The van der Waals surface area contributed by atoms with Crippen LogP contribution in [0.1, 0.15) is 13.3 Å². The molecular weight excluding hydrogens is 180 g/mol. The summed E-state index contributed by atoms with van der Waals surface area (Å²) >= 11 is 0. The Morgan fingerprint density at radius 3 is 2.50 bits per heavy atom. The fraction of sp³-hybridized carbons (Fsp3) is 0.571. The van der Waals surface area contributed by atoms with E-state index in [9.17, 15) is 13.2 Å². The number of carbonyl (C=O) groups excluding carboxylic acids is 1. The largest absolute Gasteiger partial charge is 0.295 e. The van der Waals surface area contributed by atoms with Gasteiger partial charge in [-0.1, -0.05) is 13.5 Å². The Morgan fingerprint density at radius 2 is 2.17 bits per heavy atom. The molecule has 0 aromatic rings. The SMILES string of the molecule is C=CC(=O)CC(C)CS(=O)(=O)O. The standard InChI is InChI=1S/C7H12O4S/c1-3-7(8)4-6(2)5-12(9,10)11/h3,6H,1,4-5H2,2H3,(H,9,10,11). The second kappa shape index (κ2) is 4.37. The van der Waals surface area contributed by atoms with Crippen LogP contribution < -0.4 is 0 Å². The van der Waals surface area contributed by atoms with Crippen molar-refractivity contribution in [1.82, 2.24) is 0 Å². The van der Waals surface area contributed by atoms with Gasteiger partial charge in [-0.15, -0.1) is 0 Å². The molecule has 1 atom stereocenters. The Morgan fingerprint density at radius 1 is 1.67 bits per heavy atom. The number of ketones is 1. The Bertz CT molecular complexity index is 265. The first-order valence-corrected chi connectivity index (χ1v) is 5.06. The summed E-state index contributed by atoms with van der Waals surface area (Å²) in [5, 5.41) is 0. The van der Waals surface area contributed by atoms with Gasteiger partial charge in [-0.3, -0.25) is 9.35 Å². The molecule has 0 spiro atoms. The summed E-state index contributed by atoms with van der Waals surface area (Å²) in [5.74, 6) is -0.969. The van der Waals surface area contributed by atoms with Crippen LogP contribution in [0.4, 0.5) is 0 Å². The van der Waals surface area contributed by atoms with E-state index in [-0.39, 0.29) is 23.9 Å². The van der Waals surface area contributed by atoms with Crippen LogP contribution in [0.2, 0.25) is 0 Å². The van der Waals surface area contributed by atoms with Gasteiger partial charge in [0.2, 0.25) is 0 Å². The highest BCUT2D eigenvalue weighted by atomic mass is 32.2. The summed E-state index contributed by atoms with van der Waals surface area (Å²) in [7, 11) is -3.96. The quantitative estimate of drug-likeness (QED) is 0.513. The lowest BCUT2D eigenvalue weighted by Gasteiger charge is -2.05. The molecule has 70 valence electrons. The smallest absolute Gasteiger partial charge is 0.265 e. The highest BCUT2D eigenvalue weighted by Gasteiger charge is 2.14. The molecule has 1 unspecified atom stereocenters. The van der Waals surface area contributed by atoms with Crippen LogP contribution in [0.3, 0.4) is 0 Å². The molecule has 1 N–H and O–H groups in total. The second-order valence-electron chi connectivity index (χ2n) is 2.73. The fourth-order valence-electron chi connectivity index (χ4n) is 0.845. The molecule has 0 aliphatic rings. The van der Waals surface area contributed by atoms with Crippen molar-refractivity contribution in [2.75, 3.05) is 5.75 Å². The highest BCUT2D eigenvalue weighted by Crippen LogP contribution is 2.05. The van der Waals surface area contributed by atoms with Crippen molar-refractivity contribution in [3.8, 4) is 0 Å². The molecule has 12 heavy (non-hydrogen) atoms. The van der Waals surface area contributed by atoms with Gasteiger partial charge in [0.25, 0.3) is 10.1 Å². The number of carbonyl (C=O) groups is 1. The molecule has 0 rings (SSSR count). The van der Waals surface area contributed by atoms with Gasteiger partial charge in [0.1, 0.15) is 0 Å². The second-order valence-corrected chi connectivity index (χ2v) is 4.23. The molecule has 0 fully saturated rings. The molecule has 0 aliphatic heterocycles.